The van der Waals surface area contributed by atoms with E-state index in [0.29, 0.717) is 10.8 Å². The molecular formula is C23H20ClN3O3S. The summed E-state index contributed by atoms with van der Waals surface area (Å²) in [6, 6.07) is 11.1. The first-order valence-electron chi connectivity index (χ1n) is 10.1. The minimum absolute atomic E-state index is 0.000400. The predicted octanol–water partition coefficient (Wildman–Crippen LogP) is 3.98. The van der Waals surface area contributed by atoms with Gasteiger partial charge in [-0.2, -0.15) is 0 Å². The second kappa shape index (κ2) is 8.32. The Morgan fingerprint density at radius 1 is 1.23 bits per heavy atom. The molecule has 2 amide bonds. The van der Waals surface area contributed by atoms with Crippen LogP contribution in [0.25, 0.3) is 0 Å². The van der Waals surface area contributed by atoms with Crippen molar-refractivity contribution in [3.05, 3.63) is 75.0 Å². The van der Waals surface area contributed by atoms with Gasteiger partial charge in [-0.3, -0.25) is 19.5 Å². The number of furan rings is 1. The molecule has 0 spiro atoms. The van der Waals surface area contributed by atoms with Crippen molar-refractivity contribution in [1.82, 2.24) is 5.32 Å². The van der Waals surface area contributed by atoms with E-state index in [1.54, 1.807) is 34.6 Å². The number of nitrogens with zero attached hydrogens (tertiary/aromatic N) is 2. The lowest BCUT2D eigenvalue weighted by atomic mass is 9.99. The third kappa shape index (κ3) is 3.91. The highest BCUT2D eigenvalue weighted by Gasteiger charge is 2.33. The van der Waals surface area contributed by atoms with E-state index >= 15 is 0 Å². The molecule has 0 unspecified atom stereocenters. The maximum Gasteiger partial charge on any atom is 0.249 e. The van der Waals surface area contributed by atoms with E-state index in [-0.39, 0.29) is 31.4 Å². The molecule has 0 atom stereocenters. The van der Waals surface area contributed by atoms with Crippen molar-refractivity contribution in [1.29, 1.82) is 0 Å². The first-order chi connectivity index (χ1) is 15.1. The van der Waals surface area contributed by atoms with E-state index in [1.165, 1.54) is 10.4 Å². The van der Waals surface area contributed by atoms with Crippen molar-refractivity contribution in [2.24, 2.45) is 4.99 Å². The molecular weight excluding hydrogens is 434 g/mol. The molecule has 31 heavy (non-hydrogen) atoms. The van der Waals surface area contributed by atoms with Crippen LogP contribution in [0, 0.1) is 0 Å². The number of fused-ring (bicyclic) bond motifs is 3. The average Bonchev–Trinajstić information content (AvgIpc) is 3.49. The molecule has 1 aliphatic carbocycles. The van der Waals surface area contributed by atoms with Crippen molar-refractivity contribution in [3.8, 4) is 0 Å². The zero-order chi connectivity index (χ0) is 21.4. The van der Waals surface area contributed by atoms with Crippen LogP contribution in [0.15, 0.2) is 52.1 Å². The molecule has 0 saturated carbocycles. The maximum atomic E-state index is 13.0. The van der Waals surface area contributed by atoms with Crippen molar-refractivity contribution in [3.63, 3.8) is 0 Å². The molecule has 5 rings (SSSR count). The summed E-state index contributed by atoms with van der Waals surface area (Å²) in [6.45, 7) is 0.239. The van der Waals surface area contributed by atoms with Crippen LogP contribution < -0.4 is 10.2 Å². The first-order valence-corrected chi connectivity index (χ1v) is 11.3. The number of hydrogen-bond donors (Lipinski definition) is 1. The highest BCUT2D eigenvalue weighted by Crippen LogP contribution is 2.43. The van der Waals surface area contributed by atoms with Crippen LogP contribution >= 0.6 is 22.9 Å². The highest BCUT2D eigenvalue weighted by atomic mass is 35.5. The minimum Gasteiger partial charge on any atom is -0.467 e. The standard InChI is InChI=1S/C23H20ClN3O3S/c24-15-8-6-14(7-9-15)22-21-17-4-1-5-18(17)31-23(21)27(20(29)12-26-22)13-19(28)25-11-16-3-2-10-30-16/h2-3,6-10H,1,4-5,11-13H2,(H,25,28). The van der Waals surface area contributed by atoms with Crippen LogP contribution in [0.4, 0.5) is 5.00 Å². The molecule has 8 heteroatoms. The summed E-state index contributed by atoms with van der Waals surface area (Å²) in [5.74, 6) is 0.247. The molecule has 158 valence electrons. The lowest BCUT2D eigenvalue weighted by Gasteiger charge is -2.20. The van der Waals surface area contributed by atoms with Gasteiger partial charge in [0.25, 0.3) is 0 Å². The van der Waals surface area contributed by atoms with Gasteiger partial charge in [0.15, 0.2) is 0 Å². The summed E-state index contributed by atoms with van der Waals surface area (Å²) in [4.78, 5) is 33.2. The molecule has 0 saturated heterocycles. The summed E-state index contributed by atoms with van der Waals surface area (Å²) in [7, 11) is 0. The van der Waals surface area contributed by atoms with Crippen LogP contribution in [0.1, 0.15) is 33.7 Å². The van der Waals surface area contributed by atoms with E-state index in [2.05, 4.69) is 10.3 Å². The molecule has 2 aromatic heterocycles. The number of anilines is 1. The number of carbonyl (C=O) groups is 2. The molecule has 3 heterocycles. The lowest BCUT2D eigenvalue weighted by molar-refractivity contribution is -0.123. The van der Waals surface area contributed by atoms with Crippen LogP contribution in [0.5, 0.6) is 0 Å². The first kappa shape index (κ1) is 20.0. The fourth-order valence-corrected chi connectivity index (χ4v) is 5.58. The number of carbonyl (C=O) groups excluding carboxylic acids is 2. The molecule has 1 aromatic carbocycles. The Labute approximate surface area is 188 Å². The Morgan fingerprint density at radius 2 is 2.06 bits per heavy atom. The van der Waals surface area contributed by atoms with Crippen LogP contribution in [-0.4, -0.2) is 30.6 Å². The number of amides is 2. The summed E-state index contributed by atoms with van der Waals surface area (Å²) >= 11 is 7.68. The Balaban J connectivity index is 1.47. The van der Waals surface area contributed by atoms with Crippen molar-refractivity contribution in [2.75, 3.05) is 18.0 Å². The summed E-state index contributed by atoms with van der Waals surface area (Å²) in [5, 5.41) is 4.30. The summed E-state index contributed by atoms with van der Waals surface area (Å²) < 4.78 is 5.26. The zero-order valence-corrected chi connectivity index (χ0v) is 18.3. The smallest absolute Gasteiger partial charge is 0.249 e. The monoisotopic (exact) mass is 453 g/mol. The summed E-state index contributed by atoms with van der Waals surface area (Å²) in [5.41, 5.74) is 3.97. The fraction of sp³-hybridized carbons (Fsp3) is 0.261. The second-order valence-electron chi connectivity index (χ2n) is 7.55. The van der Waals surface area contributed by atoms with Gasteiger partial charge in [0, 0.05) is 21.0 Å². The molecule has 6 nitrogen and oxygen atoms in total. The second-order valence-corrected chi connectivity index (χ2v) is 9.07. The Morgan fingerprint density at radius 3 is 2.84 bits per heavy atom. The number of benzene rings is 1. The number of aliphatic imine (C=N–C) groups is 1. The van der Waals surface area contributed by atoms with Crippen molar-refractivity contribution >= 4 is 45.5 Å². The number of rotatable bonds is 5. The van der Waals surface area contributed by atoms with Gasteiger partial charge >= 0.3 is 0 Å². The van der Waals surface area contributed by atoms with Gasteiger partial charge in [-0.25, -0.2) is 0 Å². The van der Waals surface area contributed by atoms with Gasteiger partial charge in [-0.1, -0.05) is 23.7 Å². The Bertz CT molecular complexity index is 1170. The molecule has 1 aliphatic heterocycles. The van der Waals surface area contributed by atoms with Gasteiger partial charge in [-0.15, -0.1) is 11.3 Å². The minimum atomic E-state index is -0.237. The van der Waals surface area contributed by atoms with Gasteiger partial charge in [0.1, 0.15) is 23.9 Å². The Kier molecular flexibility index (Phi) is 5.38. The predicted molar refractivity (Wildman–Crippen MR) is 121 cm³/mol. The van der Waals surface area contributed by atoms with Crippen LogP contribution in [0.3, 0.4) is 0 Å². The number of halogens is 1. The lowest BCUT2D eigenvalue weighted by Crippen LogP contribution is -2.41. The van der Waals surface area contributed by atoms with E-state index in [0.717, 1.165) is 41.1 Å². The molecule has 3 aromatic rings. The molecule has 0 bridgehead atoms. The Hall–Kier alpha value is -2.90. The van der Waals surface area contributed by atoms with Gasteiger partial charge in [0.05, 0.1) is 18.5 Å². The maximum absolute atomic E-state index is 13.0. The van der Waals surface area contributed by atoms with E-state index < -0.39 is 0 Å². The normalized spacial score (nSPS) is 15.3. The zero-order valence-electron chi connectivity index (χ0n) is 16.7. The van der Waals surface area contributed by atoms with Crippen molar-refractivity contribution < 1.29 is 14.0 Å². The number of nitrogens with one attached hydrogen (secondary N) is 1. The fourth-order valence-electron chi connectivity index (χ4n) is 4.05. The van der Waals surface area contributed by atoms with Crippen molar-refractivity contribution in [2.45, 2.75) is 25.8 Å². The average molecular weight is 454 g/mol. The van der Waals surface area contributed by atoms with E-state index in [4.69, 9.17) is 16.0 Å². The molecule has 2 aliphatic rings. The topological polar surface area (TPSA) is 74.9 Å². The largest absolute Gasteiger partial charge is 0.467 e. The van der Waals surface area contributed by atoms with Gasteiger partial charge in [0.2, 0.25) is 11.8 Å². The number of aryl methyl sites for hydroxylation is 1. The summed E-state index contributed by atoms with van der Waals surface area (Å²) in [6.07, 6.45) is 4.61. The third-order valence-electron chi connectivity index (χ3n) is 5.52. The SMILES string of the molecule is O=C(CN1C(=O)CN=C(c2ccc(Cl)cc2)c2c1sc1c2CCC1)NCc1ccco1. The molecule has 0 fully saturated rings. The molecule has 0 radical (unpaired) electrons. The number of thiophene rings is 1. The van der Waals surface area contributed by atoms with E-state index in [1.807, 2.05) is 24.3 Å². The van der Waals surface area contributed by atoms with Crippen LogP contribution in [0.2, 0.25) is 5.02 Å². The molecule has 1 N–H and O–H groups in total. The van der Waals surface area contributed by atoms with Crippen LogP contribution in [-0.2, 0) is 29.0 Å². The highest BCUT2D eigenvalue weighted by molar-refractivity contribution is 7.17. The number of hydrogen-bond acceptors (Lipinski definition) is 5. The quantitative estimate of drug-likeness (QED) is 0.634. The van der Waals surface area contributed by atoms with E-state index in [9.17, 15) is 9.59 Å². The van der Waals surface area contributed by atoms with Gasteiger partial charge < -0.3 is 9.73 Å². The van der Waals surface area contributed by atoms with Gasteiger partial charge in [-0.05, 0) is 49.1 Å². The third-order valence-corrected chi connectivity index (χ3v) is 7.08.